The van der Waals surface area contributed by atoms with Gasteiger partial charge in [0.2, 0.25) is 0 Å². The van der Waals surface area contributed by atoms with Gasteiger partial charge in [-0.1, -0.05) is 40.0 Å². The summed E-state index contributed by atoms with van der Waals surface area (Å²) in [7, 11) is 1.97. The summed E-state index contributed by atoms with van der Waals surface area (Å²) in [6.07, 6.45) is 8.39. The van der Waals surface area contributed by atoms with E-state index in [-0.39, 0.29) is 0 Å². The molecule has 0 spiro atoms. The second kappa shape index (κ2) is 6.61. The van der Waals surface area contributed by atoms with Crippen LogP contribution in [0.15, 0.2) is 0 Å². The molecule has 1 saturated carbocycles. The van der Waals surface area contributed by atoms with E-state index in [1.165, 1.54) is 38.5 Å². The Morgan fingerprint density at radius 3 is 2.69 bits per heavy atom. The van der Waals surface area contributed by atoms with Gasteiger partial charge in [0.1, 0.15) is 0 Å². The molecule has 1 aliphatic rings. The average Bonchev–Trinajstić information content (AvgIpc) is 2.22. The van der Waals surface area contributed by atoms with Crippen molar-refractivity contribution >= 4 is 0 Å². The Hall–Kier alpha value is -0.0800. The number of nitrogens with one attached hydrogen (secondary N) is 2. The molecule has 0 heterocycles. The maximum Gasteiger partial charge on any atom is 0.0131 e. The fourth-order valence-corrected chi connectivity index (χ4v) is 3.27. The van der Waals surface area contributed by atoms with Crippen LogP contribution < -0.4 is 10.9 Å². The zero-order valence-corrected chi connectivity index (χ0v) is 11.6. The molecule has 0 amide bonds. The van der Waals surface area contributed by atoms with Gasteiger partial charge in [0, 0.05) is 6.54 Å². The SMILES string of the molecule is CCCC(CNNC)C1CCCC(C)(C)C1. The van der Waals surface area contributed by atoms with E-state index in [0.717, 1.165) is 18.4 Å². The fraction of sp³-hybridized carbons (Fsp3) is 1.00. The van der Waals surface area contributed by atoms with Gasteiger partial charge in [-0.2, -0.15) is 0 Å². The number of hydrogen-bond donors (Lipinski definition) is 2. The van der Waals surface area contributed by atoms with Crippen molar-refractivity contribution < 1.29 is 0 Å². The lowest BCUT2D eigenvalue weighted by molar-refractivity contribution is 0.125. The predicted octanol–water partition coefficient (Wildman–Crippen LogP) is 3.34. The summed E-state index contributed by atoms with van der Waals surface area (Å²) < 4.78 is 0. The minimum atomic E-state index is 0.578. The minimum Gasteiger partial charge on any atom is -0.261 e. The predicted molar refractivity (Wildman–Crippen MR) is 71.2 cm³/mol. The van der Waals surface area contributed by atoms with E-state index < -0.39 is 0 Å². The van der Waals surface area contributed by atoms with Crippen LogP contribution >= 0.6 is 0 Å². The van der Waals surface area contributed by atoms with Gasteiger partial charge in [-0.3, -0.25) is 10.9 Å². The number of hydrazine groups is 1. The van der Waals surface area contributed by atoms with Crippen molar-refractivity contribution in [3.63, 3.8) is 0 Å². The Balaban J connectivity index is 2.48. The standard InChI is InChI=1S/C14H30N2/c1-5-7-13(11-16-15-4)12-8-6-9-14(2,3)10-12/h12-13,15-16H,5-11H2,1-4H3. The van der Waals surface area contributed by atoms with Gasteiger partial charge in [0.25, 0.3) is 0 Å². The summed E-state index contributed by atoms with van der Waals surface area (Å²) in [5, 5.41) is 0. The molecule has 1 aliphatic carbocycles. The monoisotopic (exact) mass is 226 g/mol. The number of hydrogen-bond acceptors (Lipinski definition) is 2. The summed E-state index contributed by atoms with van der Waals surface area (Å²) in [4.78, 5) is 0. The third kappa shape index (κ3) is 4.42. The van der Waals surface area contributed by atoms with Crippen LogP contribution in [0, 0.1) is 17.3 Å². The second-order valence-corrected chi connectivity index (χ2v) is 6.20. The molecule has 0 radical (unpaired) electrons. The van der Waals surface area contributed by atoms with Crippen molar-refractivity contribution in [2.75, 3.05) is 13.6 Å². The Morgan fingerprint density at radius 2 is 2.12 bits per heavy atom. The highest BCUT2D eigenvalue weighted by atomic mass is 15.3. The summed E-state index contributed by atoms with van der Waals surface area (Å²) in [5.41, 5.74) is 6.95. The van der Waals surface area contributed by atoms with Crippen LogP contribution in [-0.4, -0.2) is 13.6 Å². The molecule has 0 aromatic heterocycles. The molecule has 0 aromatic carbocycles. The van der Waals surface area contributed by atoms with Crippen LogP contribution in [0.1, 0.15) is 59.3 Å². The summed E-state index contributed by atoms with van der Waals surface area (Å²) in [6.45, 7) is 8.31. The van der Waals surface area contributed by atoms with Gasteiger partial charge in [-0.25, -0.2) is 0 Å². The second-order valence-electron chi connectivity index (χ2n) is 6.20. The molecule has 1 fully saturated rings. The topological polar surface area (TPSA) is 24.1 Å². The lowest BCUT2D eigenvalue weighted by Crippen LogP contribution is -2.38. The number of rotatable bonds is 6. The van der Waals surface area contributed by atoms with E-state index in [1.807, 2.05) is 7.05 Å². The van der Waals surface area contributed by atoms with E-state index in [4.69, 9.17) is 0 Å². The minimum absolute atomic E-state index is 0.578. The van der Waals surface area contributed by atoms with E-state index in [1.54, 1.807) is 0 Å². The molecule has 2 heteroatoms. The van der Waals surface area contributed by atoms with Gasteiger partial charge in [0.15, 0.2) is 0 Å². The Bertz CT molecular complexity index is 189. The van der Waals surface area contributed by atoms with E-state index in [2.05, 4.69) is 31.6 Å². The van der Waals surface area contributed by atoms with E-state index >= 15 is 0 Å². The molecule has 1 rings (SSSR count). The van der Waals surface area contributed by atoms with Crippen LogP contribution in [0.25, 0.3) is 0 Å². The zero-order valence-electron chi connectivity index (χ0n) is 11.6. The van der Waals surface area contributed by atoms with Crippen molar-refractivity contribution in [2.45, 2.75) is 59.3 Å². The first-order valence-corrected chi connectivity index (χ1v) is 6.98. The van der Waals surface area contributed by atoms with Gasteiger partial charge in [-0.15, -0.1) is 0 Å². The normalized spacial score (nSPS) is 26.6. The molecule has 2 atom stereocenters. The highest BCUT2D eigenvalue weighted by Gasteiger charge is 2.31. The quantitative estimate of drug-likeness (QED) is 0.679. The molecule has 2 nitrogen and oxygen atoms in total. The van der Waals surface area contributed by atoms with Gasteiger partial charge >= 0.3 is 0 Å². The van der Waals surface area contributed by atoms with Crippen LogP contribution in [0.5, 0.6) is 0 Å². The Kier molecular flexibility index (Phi) is 5.77. The highest BCUT2D eigenvalue weighted by Crippen LogP contribution is 2.42. The maximum atomic E-state index is 3.31. The lowest BCUT2D eigenvalue weighted by atomic mass is 9.67. The molecule has 0 aromatic rings. The van der Waals surface area contributed by atoms with Crippen LogP contribution in [0.3, 0.4) is 0 Å². The molecular weight excluding hydrogens is 196 g/mol. The van der Waals surface area contributed by atoms with Crippen LogP contribution in [0.2, 0.25) is 0 Å². The first kappa shape index (κ1) is 14.0. The maximum absolute atomic E-state index is 3.31. The third-order valence-electron chi connectivity index (χ3n) is 4.11. The van der Waals surface area contributed by atoms with Gasteiger partial charge in [-0.05, 0) is 43.6 Å². The molecule has 0 bridgehead atoms. The first-order chi connectivity index (χ1) is 7.59. The van der Waals surface area contributed by atoms with Crippen molar-refractivity contribution in [2.24, 2.45) is 17.3 Å². The lowest BCUT2D eigenvalue weighted by Gasteiger charge is -2.39. The molecule has 96 valence electrons. The summed E-state index contributed by atoms with van der Waals surface area (Å²) >= 11 is 0. The summed E-state index contributed by atoms with van der Waals surface area (Å²) in [6, 6.07) is 0. The molecule has 0 aliphatic heterocycles. The molecular formula is C14H30N2. The Labute approximate surface area is 102 Å². The summed E-state index contributed by atoms with van der Waals surface area (Å²) in [5.74, 6) is 1.79. The van der Waals surface area contributed by atoms with Crippen molar-refractivity contribution in [1.82, 2.24) is 10.9 Å². The first-order valence-electron chi connectivity index (χ1n) is 6.98. The molecule has 2 N–H and O–H groups in total. The average molecular weight is 226 g/mol. The van der Waals surface area contributed by atoms with E-state index in [0.29, 0.717) is 5.41 Å². The van der Waals surface area contributed by atoms with Crippen molar-refractivity contribution in [3.05, 3.63) is 0 Å². The fourth-order valence-electron chi connectivity index (χ4n) is 3.27. The van der Waals surface area contributed by atoms with Crippen molar-refractivity contribution in [1.29, 1.82) is 0 Å². The van der Waals surface area contributed by atoms with Crippen molar-refractivity contribution in [3.8, 4) is 0 Å². The van der Waals surface area contributed by atoms with Gasteiger partial charge < -0.3 is 0 Å². The van der Waals surface area contributed by atoms with Crippen LogP contribution in [0.4, 0.5) is 0 Å². The molecule has 0 saturated heterocycles. The highest BCUT2D eigenvalue weighted by molar-refractivity contribution is 4.83. The van der Waals surface area contributed by atoms with E-state index in [9.17, 15) is 0 Å². The van der Waals surface area contributed by atoms with Gasteiger partial charge in [0.05, 0.1) is 0 Å². The zero-order chi connectivity index (χ0) is 12.0. The smallest absolute Gasteiger partial charge is 0.0131 e. The molecule has 2 unspecified atom stereocenters. The third-order valence-corrected chi connectivity index (χ3v) is 4.11. The molecule has 16 heavy (non-hydrogen) atoms. The van der Waals surface area contributed by atoms with Crippen LogP contribution in [-0.2, 0) is 0 Å². The Morgan fingerprint density at radius 1 is 1.38 bits per heavy atom. The largest absolute Gasteiger partial charge is 0.261 e.